The molecule has 2 aromatic carbocycles. The molecule has 0 unspecified atom stereocenters. The molecular weight excluding hydrogens is 366 g/mol. The number of nitrogens with zero attached hydrogens (tertiary/aromatic N) is 3. The lowest BCUT2D eigenvalue weighted by atomic mass is 10.1. The average Bonchev–Trinajstić information content (AvgIpc) is 3.08. The molecule has 148 valence electrons. The Balaban J connectivity index is 1.81. The van der Waals surface area contributed by atoms with Gasteiger partial charge >= 0.3 is 0 Å². The first-order valence-corrected chi connectivity index (χ1v) is 10.6. The number of rotatable bonds is 8. The summed E-state index contributed by atoms with van der Waals surface area (Å²) in [5.74, 6) is 0.149. The summed E-state index contributed by atoms with van der Waals surface area (Å²) in [4.78, 5) is 22.0. The maximum atomic E-state index is 13.1. The lowest BCUT2D eigenvalue weighted by Gasteiger charge is -2.21. The number of benzene rings is 2. The molecule has 28 heavy (non-hydrogen) atoms. The zero-order valence-corrected chi connectivity index (χ0v) is 18.1. The summed E-state index contributed by atoms with van der Waals surface area (Å²) in [6, 6.07) is 14.5. The Bertz CT molecular complexity index is 934. The molecule has 0 atom stereocenters. The summed E-state index contributed by atoms with van der Waals surface area (Å²) in [6.07, 6.45) is 2.19. The Kier molecular flexibility index (Phi) is 6.81. The number of amides is 1. The molecule has 0 fully saturated rings. The number of carbonyl (C=O) groups is 1. The molecule has 0 saturated heterocycles. The summed E-state index contributed by atoms with van der Waals surface area (Å²) in [5, 5.41) is 0.820. The Morgan fingerprint density at radius 3 is 2.54 bits per heavy atom. The van der Waals surface area contributed by atoms with Gasteiger partial charge in [-0.2, -0.15) is 0 Å². The van der Waals surface area contributed by atoms with Crippen molar-refractivity contribution in [1.82, 2.24) is 9.88 Å². The van der Waals surface area contributed by atoms with Gasteiger partial charge in [-0.25, -0.2) is 4.98 Å². The van der Waals surface area contributed by atoms with E-state index in [2.05, 4.69) is 57.1 Å². The van der Waals surface area contributed by atoms with Crippen molar-refractivity contribution in [2.75, 3.05) is 32.1 Å². The monoisotopic (exact) mass is 395 g/mol. The topological polar surface area (TPSA) is 36.4 Å². The first-order chi connectivity index (χ1) is 13.4. The van der Waals surface area contributed by atoms with Crippen molar-refractivity contribution in [3.63, 3.8) is 0 Å². The van der Waals surface area contributed by atoms with Crippen molar-refractivity contribution in [1.29, 1.82) is 0 Å². The minimum atomic E-state index is 0.149. The van der Waals surface area contributed by atoms with Crippen LogP contribution in [0.25, 0.3) is 10.2 Å². The Morgan fingerprint density at radius 2 is 1.82 bits per heavy atom. The lowest BCUT2D eigenvalue weighted by molar-refractivity contribution is -0.118. The van der Waals surface area contributed by atoms with Crippen LogP contribution in [0, 0.1) is 13.8 Å². The molecular formula is C23H29N3OS. The number of aryl methyl sites for hydroxylation is 3. The van der Waals surface area contributed by atoms with E-state index in [1.807, 2.05) is 23.1 Å². The molecule has 1 heterocycles. The molecule has 0 bridgehead atoms. The predicted octanol–water partition coefficient (Wildman–Crippen LogP) is 4.83. The van der Waals surface area contributed by atoms with Crippen LogP contribution < -0.4 is 4.90 Å². The number of aromatic nitrogens is 1. The van der Waals surface area contributed by atoms with Gasteiger partial charge < -0.3 is 4.90 Å². The van der Waals surface area contributed by atoms with Crippen LogP contribution in [-0.2, 0) is 11.2 Å². The molecule has 0 aliphatic heterocycles. The molecule has 3 rings (SSSR count). The number of hydrogen-bond donors (Lipinski definition) is 0. The zero-order valence-electron chi connectivity index (χ0n) is 17.2. The minimum absolute atomic E-state index is 0.149. The van der Waals surface area contributed by atoms with Crippen molar-refractivity contribution in [2.24, 2.45) is 0 Å². The largest absolute Gasteiger partial charge is 0.309 e. The van der Waals surface area contributed by atoms with E-state index in [-0.39, 0.29) is 5.91 Å². The minimum Gasteiger partial charge on any atom is -0.309 e. The van der Waals surface area contributed by atoms with Crippen LogP contribution in [0.3, 0.4) is 0 Å². The van der Waals surface area contributed by atoms with Crippen molar-refractivity contribution in [3.05, 3.63) is 59.2 Å². The summed E-state index contributed by atoms with van der Waals surface area (Å²) in [7, 11) is 4.12. The van der Waals surface area contributed by atoms with Crippen LogP contribution in [0.5, 0.6) is 0 Å². The smallest absolute Gasteiger partial charge is 0.229 e. The van der Waals surface area contributed by atoms with E-state index < -0.39 is 0 Å². The summed E-state index contributed by atoms with van der Waals surface area (Å²) < 4.78 is 1.15. The van der Waals surface area contributed by atoms with Gasteiger partial charge in [0.1, 0.15) is 0 Å². The quantitative estimate of drug-likeness (QED) is 0.548. The Morgan fingerprint density at radius 1 is 1.07 bits per heavy atom. The van der Waals surface area contributed by atoms with E-state index in [9.17, 15) is 4.79 Å². The van der Waals surface area contributed by atoms with Gasteiger partial charge in [0.05, 0.1) is 10.2 Å². The van der Waals surface area contributed by atoms with E-state index >= 15 is 0 Å². The molecule has 0 aliphatic carbocycles. The molecule has 0 radical (unpaired) electrons. The molecule has 0 N–H and O–H groups in total. The molecule has 1 aromatic heterocycles. The maximum absolute atomic E-state index is 13.1. The highest BCUT2D eigenvalue weighted by Gasteiger charge is 2.20. The van der Waals surface area contributed by atoms with Gasteiger partial charge in [-0.05, 0) is 70.1 Å². The zero-order chi connectivity index (χ0) is 20.1. The lowest BCUT2D eigenvalue weighted by Crippen LogP contribution is -2.33. The average molecular weight is 396 g/mol. The number of fused-ring (bicyclic) bond motifs is 1. The highest BCUT2D eigenvalue weighted by atomic mass is 32.1. The standard InChI is InChI=1S/C23H29N3OS/c1-17-15-18(2)22-20(16-17)28-23(24-22)26(14-8-13-25(3)4)21(27)12-11-19-9-6-5-7-10-19/h5-7,9-10,15-16H,8,11-14H2,1-4H3. The number of thiazole rings is 1. The molecule has 0 aliphatic rings. The second-order valence-corrected chi connectivity index (χ2v) is 8.62. The first kappa shape index (κ1) is 20.5. The second-order valence-electron chi connectivity index (χ2n) is 7.61. The number of carbonyl (C=O) groups excluding carboxylic acids is 1. The highest BCUT2D eigenvalue weighted by Crippen LogP contribution is 2.32. The Hall–Kier alpha value is -2.24. The van der Waals surface area contributed by atoms with E-state index in [1.165, 1.54) is 16.7 Å². The van der Waals surface area contributed by atoms with Gasteiger partial charge in [0, 0.05) is 13.0 Å². The fourth-order valence-electron chi connectivity index (χ4n) is 3.38. The van der Waals surface area contributed by atoms with Crippen LogP contribution in [0.2, 0.25) is 0 Å². The predicted molar refractivity (Wildman–Crippen MR) is 119 cm³/mol. The van der Waals surface area contributed by atoms with Gasteiger partial charge in [-0.15, -0.1) is 0 Å². The maximum Gasteiger partial charge on any atom is 0.229 e. The number of hydrogen-bond acceptors (Lipinski definition) is 4. The van der Waals surface area contributed by atoms with Crippen molar-refractivity contribution in [3.8, 4) is 0 Å². The van der Waals surface area contributed by atoms with E-state index in [4.69, 9.17) is 4.98 Å². The third-order valence-corrected chi connectivity index (χ3v) is 5.83. The van der Waals surface area contributed by atoms with Crippen molar-refractivity contribution >= 4 is 32.6 Å². The van der Waals surface area contributed by atoms with Gasteiger partial charge in [-0.1, -0.05) is 47.7 Å². The summed E-state index contributed by atoms with van der Waals surface area (Å²) in [6.45, 7) is 5.84. The summed E-state index contributed by atoms with van der Waals surface area (Å²) >= 11 is 1.62. The fraction of sp³-hybridized carbons (Fsp3) is 0.391. The fourth-order valence-corrected chi connectivity index (χ4v) is 4.56. The third kappa shape index (κ3) is 5.18. The van der Waals surface area contributed by atoms with Gasteiger partial charge in [0.25, 0.3) is 0 Å². The van der Waals surface area contributed by atoms with Gasteiger partial charge in [-0.3, -0.25) is 9.69 Å². The number of anilines is 1. The normalized spacial score (nSPS) is 11.3. The van der Waals surface area contributed by atoms with Crippen LogP contribution >= 0.6 is 11.3 Å². The van der Waals surface area contributed by atoms with E-state index in [1.54, 1.807) is 11.3 Å². The van der Waals surface area contributed by atoms with Gasteiger partial charge in [0.15, 0.2) is 5.13 Å². The molecule has 1 amide bonds. The molecule has 5 heteroatoms. The SMILES string of the molecule is Cc1cc(C)c2nc(N(CCCN(C)C)C(=O)CCc3ccccc3)sc2c1. The van der Waals surface area contributed by atoms with Crippen LogP contribution in [0.1, 0.15) is 29.5 Å². The second kappa shape index (κ2) is 9.30. The first-order valence-electron chi connectivity index (χ1n) is 9.81. The van der Waals surface area contributed by atoms with Gasteiger partial charge in [0.2, 0.25) is 5.91 Å². The molecule has 4 nitrogen and oxygen atoms in total. The van der Waals surface area contributed by atoms with E-state index in [0.29, 0.717) is 13.0 Å². The Labute approximate surface area is 171 Å². The molecule has 0 spiro atoms. The van der Waals surface area contributed by atoms with Crippen molar-refractivity contribution in [2.45, 2.75) is 33.1 Å². The van der Waals surface area contributed by atoms with Crippen LogP contribution in [0.15, 0.2) is 42.5 Å². The molecule has 3 aromatic rings. The highest BCUT2D eigenvalue weighted by molar-refractivity contribution is 7.22. The molecule has 0 saturated carbocycles. The summed E-state index contributed by atoms with van der Waals surface area (Å²) in [5.41, 5.74) is 4.61. The van der Waals surface area contributed by atoms with E-state index in [0.717, 1.165) is 34.7 Å². The van der Waals surface area contributed by atoms with Crippen LogP contribution in [0.4, 0.5) is 5.13 Å². The third-order valence-electron chi connectivity index (χ3n) is 4.81. The van der Waals surface area contributed by atoms with Crippen LogP contribution in [-0.4, -0.2) is 43.0 Å². The van der Waals surface area contributed by atoms with Crippen molar-refractivity contribution < 1.29 is 4.79 Å².